The SMILES string of the molecule is Cn1ccc(-c2cc(C(F)(F)F)n3nc(CC(=O)O)nc3n2)n1. The lowest BCUT2D eigenvalue weighted by Crippen LogP contribution is -2.14. The lowest BCUT2D eigenvalue weighted by Gasteiger charge is -2.09. The summed E-state index contributed by atoms with van der Waals surface area (Å²) in [4.78, 5) is 18.4. The van der Waals surface area contributed by atoms with Gasteiger partial charge < -0.3 is 5.11 Å². The van der Waals surface area contributed by atoms with Gasteiger partial charge in [0.25, 0.3) is 5.78 Å². The predicted molar refractivity (Wildman–Crippen MR) is 69.3 cm³/mol. The third-order valence-corrected chi connectivity index (χ3v) is 2.93. The molecule has 0 aliphatic heterocycles. The summed E-state index contributed by atoms with van der Waals surface area (Å²) in [6, 6.07) is 2.31. The number of aryl methyl sites for hydroxylation is 1. The number of carbonyl (C=O) groups is 1. The van der Waals surface area contributed by atoms with Gasteiger partial charge >= 0.3 is 12.1 Å². The molecule has 0 saturated heterocycles. The van der Waals surface area contributed by atoms with E-state index in [0.717, 1.165) is 6.07 Å². The van der Waals surface area contributed by atoms with Gasteiger partial charge in [-0.25, -0.2) is 4.98 Å². The molecule has 0 atom stereocenters. The monoisotopic (exact) mass is 326 g/mol. The van der Waals surface area contributed by atoms with Crippen molar-refractivity contribution in [3.05, 3.63) is 29.8 Å². The van der Waals surface area contributed by atoms with Crippen LogP contribution in [0.5, 0.6) is 0 Å². The number of hydrogen-bond acceptors (Lipinski definition) is 5. The minimum absolute atomic E-state index is 0.0281. The second-order valence-electron chi connectivity index (χ2n) is 4.71. The van der Waals surface area contributed by atoms with E-state index >= 15 is 0 Å². The van der Waals surface area contributed by atoms with E-state index in [2.05, 4.69) is 20.2 Å². The van der Waals surface area contributed by atoms with Crippen LogP contribution in [-0.4, -0.2) is 40.4 Å². The molecule has 0 saturated carbocycles. The Morgan fingerprint density at radius 2 is 2.00 bits per heavy atom. The van der Waals surface area contributed by atoms with Crippen LogP contribution in [0.4, 0.5) is 13.2 Å². The van der Waals surface area contributed by atoms with Gasteiger partial charge in [0, 0.05) is 13.2 Å². The summed E-state index contributed by atoms with van der Waals surface area (Å²) in [6.07, 6.45) is -3.74. The molecule has 11 heteroatoms. The molecule has 0 aliphatic carbocycles. The normalized spacial score (nSPS) is 12.0. The number of fused-ring (bicyclic) bond motifs is 1. The molecule has 0 aromatic carbocycles. The lowest BCUT2D eigenvalue weighted by molar-refractivity contribution is -0.142. The smallest absolute Gasteiger partial charge is 0.433 e. The van der Waals surface area contributed by atoms with Crippen molar-refractivity contribution in [3.63, 3.8) is 0 Å². The average Bonchev–Trinajstić information content (AvgIpc) is 3.00. The first-order chi connectivity index (χ1) is 10.7. The molecule has 3 aromatic heterocycles. The van der Waals surface area contributed by atoms with Crippen LogP contribution in [0.1, 0.15) is 11.5 Å². The fraction of sp³-hybridized carbons (Fsp3) is 0.250. The van der Waals surface area contributed by atoms with Gasteiger partial charge in [0.1, 0.15) is 12.1 Å². The number of aliphatic carboxylic acids is 1. The zero-order valence-corrected chi connectivity index (χ0v) is 11.6. The maximum atomic E-state index is 13.2. The number of halogens is 3. The molecule has 0 aliphatic rings. The predicted octanol–water partition coefficient (Wildman–Crippen LogP) is 1.17. The Hall–Kier alpha value is -2.98. The first kappa shape index (κ1) is 14.9. The number of alkyl halides is 3. The maximum Gasteiger partial charge on any atom is 0.433 e. The van der Waals surface area contributed by atoms with E-state index in [1.165, 1.54) is 10.7 Å². The van der Waals surface area contributed by atoms with Crippen molar-refractivity contribution in [2.75, 3.05) is 0 Å². The molecule has 0 spiro atoms. The van der Waals surface area contributed by atoms with E-state index in [9.17, 15) is 18.0 Å². The number of hydrogen-bond donors (Lipinski definition) is 1. The van der Waals surface area contributed by atoms with Crippen molar-refractivity contribution in [1.29, 1.82) is 0 Å². The van der Waals surface area contributed by atoms with Crippen LogP contribution in [0.3, 0.4) is 0 Å². The largest absolute Gasteiger partial charge is 0.481 e. The zero-order chi connectivity index (χ0) is 16.8. The molecular weight excluding hydrogens is 317 g/mol. The van der Waals surface area contributed by atoms with Crippen LogP contribution in [0.25, 0.3) is 17.2 Å². The Bertz CT molecular complexity index is 898. The highest BCUT2D eigenvalue weighted by atomic mass is 19.4. The summed E-state index contributed by atoms with van der Waals surface area (Å²) in [7, 11) is 1.62. The summed E-state index contributed by atoms with van der Waals surface area (Å²) < 4.78 is 41.6. The van der Waals surface area contributed by atoms with Gasteiger partial charge in [-0.1, -0.05) is 0 Å². The molecular formula is C12H9F3N6O2. The second-order valence-corrected chi connectivity index (χ2v) is 4.71. The van der Waals surface area contributed by atoms with Crippen LogP contribution in [0.15, 0.2) is 18.3 Å². The molecule has 0 unspecified atom stereocenters. The summed E-state index contributed by atoms with van der Waals surface area (Å²) >= 11 is 0. The van der Waals surface area contributed by atoms with Crippen molar-refractivity contribution >= 4 is 11.7 Å². The molecule has 3 aromatic rings. The van der Waals surface area contributed by atoms with E-state index in [0.29, 0.717) is 4.52 Å². The Kier molecular flexibility index (Phi) is 3.27. The van der Waals surface area contributed by atoms with Gasteiger partial charge in [-0.15, -0.1) is 5.10 Å². The highest BCUT2D eigenvalue weighted by Gasteiger charge is 2.36. The molecule has 0 bridgehead atoms. The molecule has 0 amide bonds. The molecule has 23 heavy (non-hydrogen) atoms. The molecule has 0 radical (unpaired) electrons. The van der Waals surface area contributed by atoms with Gasteiger partial charge in [0.15, 0.2) is 11.5 Å². The second kappa shape index (κ2) is 5.04. The van der Waals surface area contributed by atoms with E-state index in [1.54, 1.807) is 13.2 Å². The van der Waals surface area contributed by atoms with Gasteiger partial charge in [-0.05, 0) is 12.1 Å². The minimum Gasteiger partial charge on any atom is -0.481 e. The zero-order valence-electron chi connectivity index (χ0n) is 11.6. The average molecular weight is 326 g/mol. The fourth-order valence-electron chi connectivity index (χ4n) is 2.00. The van der Waals surface area contributed by atoms with Crippen molar-refractivity contribution in [1.82, 2.24) is 29.4 Å². The first-order valence-corrected chi connectivity index (χ1v) is 6.30. The van der Waals surface area contributed by atoms with Crippen LogP contribution in [0.2, 0.25) is 0 Å². The third kappa shape index (κ3) is 2.84. The number of carboxylic acids is 1. The maximum absolute atomic E-state index is 13.2. The minimum atomic E-state index is -4.71. The third-order valence-electron chi connectivity index (χ3n) is 2.93. The van der Waals surface area contributed by atoms with Gasteiger partial charge in [-0.3, -0.25) is 9.48 Å². The Labute approximate surface area is 126 Å². The van der Waals surface area contributed by atoms with Gasteiger partial charge in [-0.2, -0.15) is 27.8 Å². The fourth-order valence-corrected chi connectivity index (χ4v) is 2.00. The summed E-state index contributed by atoms with van der Waals surface area (Å²) in [5.74, 6) is -1.84. The van der Waals surface area contributed by atoms with Crippen molar-refractivity contribution in [2.24, 2.45) is 7.05 Å². The quantitative estimate of drug-likeness (QED) is 0.776. The van der Waals surface area contributed by atoms with Crippen molar-refractivity contribution < 1.29 is 23.1 Å². The summed E-state index contributed by atoms with van der Waals surface area (Å²) in [5, 5.41) is 16.3. The summed E-state index contributed by atoms with van der Waals surface area (Å²) in [5.41, 5.74) is -0.893. The van der Waals surface area contributed by atoms with Crippen molar-refractivity contribution in [3.8, 4) is 11.4 Å². The molecule has 0 fully saturated rings. The first-order valence-electron chi connectivity index (χ1n) is 6.30. The topological polar surface area (TPSA) is 98.2 Å². The molecule has 120 valence electrons. The lowest BCUT2D eigenvalue weighted by atomic mass is 10.2. The Morgan fingerprint density at radius 1 is 1.26 bits per heavy atom. The van der Waals surface area contributed by atoms with Crippen LogP contribution < -0.4 is 0 Å². The van der Waals surface area contributed by atoms with Crippen LogP contribution >= 0.6 is 0 Å². The summed E-state index contributed by atoms with van der Waals surface area (Å²) in [6.45, 7) is 0. The van der Waals surface area contributed by atoms with E-state index in [1.807, 2.05) is 0 Å². The Morgan fingerprint density at radius 3 is 2.57 bits per heavy atom. The van der Waals surface area contributed by atoms with Crippen LogP contribution in [-0.2, 0) is 24.4 Å². The molecule has 3 heterocycles. The molecule has 3 rings (SSSR count). The van der Waals surface area contributed by atoms with E-state index < -0.39 is 24.3 Å². The highest BCUT2D eigenvalue weighted by molar-refractivity contribution is 5.69. The van der Waals surface area contributed by atoms with Crippen LogP contribution in [0, 0.1) is 0 Å². The number of aromatic nitrogens is 6. The standard InChI is InChI=1S/C12H9F3N6O2/c1-20-3-2-6(18-20)7-4-8(12(13,14)15)21-11(16-7)17-9(19-21)5-10(22)23/h2-4H,5H2,1H3,(H,22,23). The van der Waals surface area contributed by atoms with E-state index in [-0.39, 0.29) is 23.0 Å². The number of rotatable bonds is 3. The molecule has 8 nitrogen and oxygen atoms in total. The van der Waals surface area contributed by atoms with Gasteiger partial charge in [0.2, 0.25) is 0 Å². The number of nitrogens with zero attached hydrogens (tertiary/aromatic N) is 6. The molecule has 1 N–H and O–H groups in total. The number of carboxylic acid groups (broad SMARTS) is 1. The highest BCUT2D eigenvalue weighted by Crippen LogP contribution is 2.31. The Balaban J connectivity index is 2.22. The van der Waals surface area contributed by atoms with Gasteiger partial charge in [0.05, 0.1) is 5.69 Å². The van der Waals surface area contributed by atoms with Crippen molar-refractivity contribution in [2.45, 2.75) is 12.6 Å². The van der Waals surface area contributed by atoms with E-state index in [4.69, 9.17) is 5.11 Å².